The average molecular weight is 341 g/mol. The van der Waals surface area contributed by atoms with Gasteiger partial charge in [-0.1, -0.05) is 11.8 Å². The first-order valence-corrected chi connectivity index (χ1v) is 9.16. The van der Waals surface area contributed by atoms with E-state index in [-0.39, 0.29) is 36.3 Å². The number of rotatable bonds is 8. The van der Waals surface area contributed by atoms with Crippen molar-refractivity contribution in [3.63, 3.8) is 0 Å². The summed E-state index contributed by atoms with van der Waals surface area (Å²) in [7, 11) is 0. The van der Waals surface area contributed by atoms with Crippen molar-refractivity contribution in [2.45, 2.75) is 37.8 Å². The van der Waals surface area contributed by atoms with Crippen LogP contribution in [-0.4, -0.2) is 76.0 Å². The summed E-state index contributed by atoms with van der Waals surface area (Å²) in [5.41, 5.74) is 0. The maximum Gasteiger partial charge on any atom is 0.317 e. The summed E-state index contributed by atoms with van der Waals surface area (Å²) in [6, 6.07) is 0.356. The molecule has 0 radical (unpaired) electrons. The van der Waals surface area contributed by atoms with Gasteiger partial charge < -0.3 is 15.3 Å². The van der Waals surface area contributed by atoms with Crippen LogP contribution in [0, 0.1) is 5.92 Å². The third-order valence-corrected chi connectivity index (χ3v) is 5.59. The van der Waals surface area contributed by atoms with Crippen LogP contribution >= 0.6 is 11.8 Å². The van der Waals surface area contributed by atoms with Crippen molar-refractivity contribution < 1.29 is 19.5 Å². The SMILES string of the molecule is O=C(O)CN(CC1CC1)C1CC(NC(=O)CN2CCSC2=O)C1. The number of carbonyl (C=O) groups excluding carboxylic acids is 2. The van der Waals surface area contributed by atoms with Crippen molar-refractivity contribution in [3.05, 3.63) is 0 Å². The van der Waals surface area contributed by atoms with E-state index >= 15 is 0 Å². The third-order valence-electron chi connectivity index (χ3n) is 4.70. The largest absolute Gasteiger partial charge is 0.480 e. The van der Waals surface area contributed by atoms with Crippen LogP contribution in [0.25, 0.3) is 0 Å². The summed E-state index contributed by atoms with van der Waals surface area (Å²) >= 11 is 1.25. The average Bonchev–Trinajstić information content (AvgIpc) is 3.16. The molecule has 0 aromatic carbocycles. The molecule has 1 heterocycles. The third kappa shape index (κ3) is 4.60. The Morgan fingerprint density at radius 3 is 2.65 bits per heavy atom. The molecule has 0 aromatic rings. The first-order chi connectivity index (χ1) is 11.0. The van der Waals surface area contributed by atoms with Crippen molar-refractivity contribution >= 4 is 28.9 Å². The number of thioether (sulfide) groups is 1. The van der Waals surface area contributed by atoms with E-state index in [1.807, 2.05) is 4.90 Å². The molecular formula is C15H23N3O4S. The lowest BCUT2D eigenvalue weighted by atomic mass is 9.85. The number of aliphatic carboxylic acids is 1. The van der Waals surface area contributed by atoms with Gasteiger partial charge in [0.25, 0.3) is 5.24 Å². The summed E-state index contributed by atoms with van der Waals surface area (Å²) in [6.45, 7) is 1.71. The maximum atomic E-state index is 12.0. The lowest BCUT2D eigenvalue weighted by Crippen LogP contribution is -2.56. The molecule has 3 aliphatic rings. The minimum Gasteiger partial charge on any atom is -0.480 e. The Bertz CT molecular complexity index is 491. The van der Waals surface area contributed by atoms with E-state index in [0.29, 0.717) is 12.5 Å². The molecule has 23 heavy (non-hydrogen) atoms. The number of hydrogen-bond donors (Lipinski definition) is 2. The number of carboxylic acids is 1. The Labute approximate surface area is 139 Å². The summed E-state index contributed by atoms with van der Waals surface area (Å²) in [5.74, 6) is 0.504. The fourth-order valence-electron chi connectivity index (χ4n) is 3.17. The zero-order valence-electron chi connectivity index (χ0n) is 13.1. The summed E-state index contributed by atoms with van der Waals surface area (Å²) in [6.07, 6.45) is 4.00. The minimum absolute atomic E-state index is 0.0243. The van der Waals surface area contributed by atoms with Gasteiger partial charge in [0.15, 0.2) is 0 Å². The van der Waals surface area contributed by atoms with Gasteiger partial charge in [-0.05, 0) is 31.6 Å². The van der Waals surface area contributed by atoms with Crippen LogP contribution in [0.2, 0.25) is 0 Å². The lowest BCUT2D eigenvalue weighted by molar-refractivity contribution is -0.140. The van der Waals surface area contributed by atoms with E-state index in [0.717, 1.165) is 25.1 Å². The molecule has 2 amide bonds. The number of nitrogens with zero attached hydrogens (tertiary/aromatic N) is 2. The highest BCUT2D eigenvalue weighted by Gasteiger charge is 2.38. The molecular weight excluding hydrogens is 318 g/mol. The molecule has 2 saturated carbocycles. The van der Waals surface area contributed by atoms with Gasteiger partial charge >= 0.3 is 5.97 Å². The van der Waals surface area contributed by atoms with Crippen LogP contribution in [-0.2, 0) is 9.59 Å². The molecule has 3 fully saturated rings. The van der Waals surface area contributed by atoms with Crippen molar-refractivity contribution in [2.24, 2.45) is 5.92 Å². The van der Waals surface area contributed by atoms with Gasteiger partial charge in [-0.15, -0.1) is 0 Å². The van der Waals surface area contributed by atoms with Crippen LogP contribution in [0.5, 0.6) is 0 Å². The number of nitrogens with one attached hydrogen (secondary N) is 1. The van der Waals surface area contributed by atoms with Gasteiger partial charge in [0, 0.05) is 30.9 Å². The van der Waals surface area contributed by atoms with Crippen molar-refractivity contribution in [1.29, 1.82) is 0 Å². The topological polar surface area (TPSA) is 89.9 Å². The van der Waals surface area contributed by atoms with E-state index in [1.165, 1.54) is 24.6 Å². The number of carbonyl (C=O) groups is 3. The normalized spacial score (nSPS) is 27.2. The number of carboxylic acid groups (broad SMARTS) is 1. The smallest absolute Gasteiger partial charge is 0.317 e. The van der Waals surface area contributed by atoms with Crippen LogP contribution in [0.1, 0.15) is 25.7 Å². The summed E-state index contributed by atoms with van der Waals surface area (Å²) < 4.78 is 0. The predicted octanol–water partition coefficient (Wildman–Crippen LogP) is 0.599. The second-order valence-corrected chi connectivity index (χ2v) is 7.74. The summed E-state index contributed by atoms with van der Waals surface area (Å²) in [5, 5.41) is 12.0. The highest BCUT2D eigenvalue weighted by molar-refractivity contribution is 8.13. The van der Waals surface area contributed by atoms with E-state index in [2.05, 4.69) is 5.32 Å². The Morgan fingerprint density at radius 2 is 2.09 bits per heavy atom. The zero-order valence-corrected chi connectivity index (χ0v) is 13.9. The quantitative estimate of drug-likeness (QED) is 0.672. The van der Waals surface area contributed by atoms with Crippen molar-refractivity contribution in [3.8, 4) is 0 Å². The zero-order chi connectivity index (χ0) is 16.4. The fourth-order valence-corrected chi connectivity index (χ4v) is 3.99. The molecule has 7 nitrogen and oxygen atoms in total. The highest BCUT2D eigenvalue weighted by Crippen LogP contribution is 2.33. The van der Waals surface area contributed by atoms with E-state index in [9.17, 15) is 14.4 Å². The fraction of sp³-hybridized carbons (Fsp3) is 0.800. The molecule has 2 aliphatic carbocycles. The molecule has 8 heteroatoms. The maximum absolute atomic E-state index is 12.0. The van der Waals surface area contributed by atoms with Crippen LogP contribution in [0.15, 0.2) is 0 Å². The van der Waals surface area contributed by atoms with Crippen molar-refractivity contribution in [1.82, 2.24) is 15.1 Å². The van der Waals surface area contributed by atoms with E-state index < -0.39 is 5.97 Å². The summed E-state index contributed by atoms with van der Waals surface area (Å²) in [4.78, 5) is 38.0. The van der Waals surface area contributed by atoms with Gasteiger partial charge in [0.1, 0.15) is 6.54 Å². The highest BCUT2D eigenvalue weighted by atomic mass is 32.2. The first-order valence-electron chi connectivity index (χ1n) is 8.18. The Kier molecular flexibility index (Phi) is 5.11. The van der Waals surface area contributed by atoms with E-state index in [4.69, 9.17) is 5.11 Å². The Morgan fingerprint density at radius 1 is 1.35 bits per heavy atom. The van der Waals surface area contributed by atoms with Gasteiger partial charge in [0.2, 0.25) is 5.91 Å². The van der Waals surface area contributed by atoms with Gasteiger partial charge in [-0.2, -0.15) is 0 Å². The Hall–Kier alpha value is -1.28. The molecule has 0 aromatic heterocycles. The molecule has 3 rings (SSSR count). The monoisotopic (exact) mass is 341 g/mol. The molecule has 1 aliphatic heterocycles. The van der Waals surface area contributed by atoms with E-state index in [1.54, 1.807) is 4.90 Å². The standard InChI is InChI=1S/C15H23N3O4S/c19-13(8-17-3-4-23-15(17)22)16-11-5-12(6-11)18(9-14(20)21)7-10-1-2-10/h10-12H,1-9H2,(H,16,19)(H,20,21). The van der Waals surface area contributed by atoms with Gasteiger partial charge in [-0.25, -0.2) is 0 Å². The van der Waals surface area contributed by atoms with Gasteiger partial charge in [-0.3, -0.25) is 19.3 Å². The molecule has 0 spiro atoms. The Balaban J connectivity index is 1.39. The van der Waals surface area contributed by atoms with Gasteiger partial charge in [0.05, 0.1) is 6.54 Å². The second-order valence-electron chi connectivity index (χ2n) is 6.69. The minimum atomic E-state index is -0.789. The molecule has 1 saturated heterocycles. The number of hydrogen-bond acceptors (Lipinski definition) is 5. The van der Waals surface area contributed by atoms with Crippen LogP contribution in [0.4, 0.5) is 4.79 Å². The number of amides is 2. The molecule has 0 unspecified atom stereocenters. The molecule has 2 N–H and O–H groups in total. The lowest BCUT2D eigenvalue weighted by Gasteiger charge is -2.42. The van der Waals surface area contributed by atoms with Crippen LogP contribution in [0.3, 0.4) is 0 Å². The first kappa shape index (κ1) is 16.6. The van der Waals surface area contributed by atoms with Crippen LogP contribution < -0.4 is 5.32 Å². The second kappa shape index (κ2) is 7.09. The molecule has 128 valence electrons. The molecule has 0 atom stereocenters. The molecule has 0 bridgehead atoms. The predicted molar refractivity (Wildman–Crippen MR) is 86.3 cm³/mol. The van der Waals surface area contributed by atoms with Crippen molar-refractivity contribution in [2.75, 3.05) is 31.9 Å².